The minimum absolute atomic E-state index is 0.0232. The molecule has 10 heteroatoms. The Balaban J connectivity index is 1.82. The molecule has 1 aliphatic carbocycles. The summed E-state index contributed by atoms with van der Waals surface area (Å²) in [5.74, 6) is -0.583. The molecule has 0 radical (unpaired) electrons. The Labute approximate surface area is 195 Å². The Kier molecular flexibility index (Phi) is 5.40. The number of esters is 1. The lowest BCUT2D eigenvalue weighted by atomic mass is 9.65. The zero-order valence-corrected chi connectivity index (χ0v) is 19.2. The molecule has 0 saturated carbocycles. The Bertz CT molecular complexity index is 1150. The quantitative estimate of drug-likeness (QED) is 0.633. The fraction of sp³-hybridized carbons (Fsp3) is 0.417. The fourth-order valence-electron chi connectivity index (χ4n) is 5.25. The minimum atomic E-state index is -1.01. The molecule has 4 atom stereocenters. The van der Waals surface area contributed by atoms with Crippen molar-refractivity contribution in [1.29, 1.82) is 0 Å². The Morgan fingerprint density at radius 2 is 1.76 bits per heavy atom. The number of carbonyl (C=O) groups is 2. The number of ether oxygens (including phenoxy) is 6. The Hall–Kier alpha value is -3.66. The van der Waals surface area contributed by atoms with E-state index in [-0.39, 0.29) is 19.3 Å². The van der Waals surface area contributed by atoms with E-state index >= 15 is 0 Å². The maximum atomic E-state index is 13.0. The molecule has 5 rings (SSSR count). The lowest BCUT2D eigenvalue weighted by Gasteiger charge is -2.38. The number of aliphatic hydroxyl groups excluding tert-OH is 1. The normalized spacial score (nSPS) is 24.1. The highest BCUT2D eigenvalue weighted by molar-refractivity contribution is 5.94. The van der Waals surface area contributed by atoms with Gasteiger partial charge in [-0.05, 0) is 34.9 Å². The molecule has 2 aromatic carbocycles. The number of cyclic esters (lactones) is 1. The third kappa shape index (κ3) is 3.20. The molecule has 1 fully saturated rings. The number of amides is 1. The van der Waals surface area contributed by atoms with E-state index in [0.29, 0.717) is 51.1 Å². The van der Waals surface area contributed by atoms with Gasteiger partial charge in [0.25, 0.3) is 0 Å². The number of hydrogen-bond acceptors (Lipinski definition) is 9. The number of aliphatic hydroxyl groups is 1. The first-order valence-corrected chi connectivity index (χ1v) is 10.8. The van der Waals surface area contributed by atoms with Crippen LogP contribution in [-0.4, -0.2) is 51.7 Å². The zero-order valence-electron chi connectivity index (χ0n) is 19.2. The summed E-state index contributed by atoms with van der Waals surface area (Å²) in [5.41, 5.74) is 2.11. The van der Waals surface area contributed by atoms with Crippen LogP contribution in [0.3, 0.4) is 0 Å². The van der Waals surface area contributed by atoms with E-state index < -0.39 is 29.8 Å². The van der Waals surface area contributed by atoms with Crippen LogP contribution < -0.4 is 29.0 Å². The second-order valence-corrected chi connectivity index (χ2v) is 8.37. The van der Waals surface area contributed by atoms with E-state index in [1.807, 2.05) is 0 Å². The highest BCUT2D eigenvalue weighted by Crippen LogP contribution is 2.58. The van der Waals surface area contributed by atoms with Gasteiger partial charge in [0.05, 0.1) is 45.6 Å². The smallest absolute Gasteiger partial charge is 0.310 e. The fourth-order valence-corrected chi connectivity index (χ4v) is 5.25. The summed E-state index contributed by atoms with van der Waals surface area (Å²) in [6, 6.07) is 5.23. The largest absolute Gasteiger partial charge is 0.493 e. The molecule has 0 unspecified atom stereocenters. The number of anilines is 1. The molecule has 0 aromatic heterocycles. The summed E-state index contributed by atoms with van der Waals surface area (Å²) in [5, 5.41) is 14.1. The van der Waals surface area contributed by atoms with Crippen LogP contribution in [0.4, 0.5) is 5.69 Å². The van der Waals surface area contributed by atoms with Crippen molar-refractivity contribution in [2.45, 2.75) is 18.9 Å². The molecule has 2 aromatic rings. The highest BCUT2D eigenvalue weighted by atomic mass is 16.7. The van der Waals surface area contributed by atoms with Crippen molar-refractivity contribution in [3.8, 4) is 28.7 Å². The van der Waals surface area contributed by atoms with Gasteiger partial charge < -0.3 is 38.8 Å². The van der Waals surface area contributed by atoms with Crippen LogP contribution >= 0.6 is 0 Å². The molecule has 2 N–H and O–H groups in total. The molecule has 34 heavy (non-hydrogen) atoms. The lowest BCUT2D eigenvalue weighted by Crippen LogP contribution is -2.35. The summed E-state index contributed by atoms with van der Waals surface area (Å²) in [4.78, 5) is 25.2. The second-order valence-electron chi connectivity index (χ2n) is 8.37. The monoisotopic (exact) mass is 471 g/mol. The maximum Gasteiger partial charge on any atom is 0.310 e. The van der Waals surface area contributed by atoms with Crippen molar-refractivity contribution >= 4 is 17.6 Å². The van der Waals surface area contributed by atoms with E-state index in [1.54, 1.807) is 18.2 Å². The van der Waals surface area contributed by atoms with Crippen LogP contribution in [0.1, 0.15) is 35.6 Å². The van der Waals surface area contributed by atoms with E-state index in [9.17, 15) is 14.7 Å². The van der Waals surface area contributed by atoms with Gasteiger partial charge in [0, 0.05) is 18.8 Å². The van der Waals surface area contributed by atoms with Gasteiger partial charge in [-0.25, -0.2) is 0 Å². The van der Waals surface area contributed by atoms with Crippen LogP contribution in [0.15, 0.2) is 18.2 Å². The number of fused-ring (bicyclic) bond motifs is 3. The van der Waals surface area contributed by atoms with Crippen LogP contribution in [0.5, 0.6) is 28.7 Å². The first-order chi connectivity index (χ1) is 16.4. The van der Waals surface area contributed by atoms with Crippen molar-refractivity contribution in [3.63, 3.8) is 0 Å². The van der Waals surface area contributed by atoms with Gasteiger partial charge >= 0.3 is 5.97 Å². The topological polar surface area (TPSA) is 122 Å². The predicted octanol–water partition coefficient (Wildman–Crippen LogP) is 2.37. The summed E-state index contributed by atoms with van der Waals surface area (Å²) in [6.07, 6.45) is -1.01. The van der Waals surface area contributed by atoms with Gasteiger partial charge in [-0.3, -0.25) is 9.59 Å². The summed E-state index contributed by atoms with van der Waals surface area (Å²) in [7, 11) is 4.52. The molecule has 10 nitrogen and oxygen atoms in total. The summed E-state index contributed by atoms with van der Waals surface area (Å²) in [6.45, 7) is 1.43. The number of methoxy groups -OCH3 is 3. The minimum Gasteiger partial charge on any atom is -0.493 e. The van der Waals surface area contributed by atoms with Crippen molar-refractivity contribution in [3.05, 3.63) is 34.9 Å². The van der Waals surface area contributed by atoms with E-state index in [4.69, 9.17) is 28.4 Å². The van der Waals surface area contributed by atoms with Crippen molar-refractivity contribution in [1.82, 2.24) is 0 Å². The van der Waals surface area contributed by atoms with Gasteiger partial charge in [0.1, 0.15) is 0 Å². The van der Waals surface area contributed by atoms with Crippen molar-refractivity contribution < 1.29 is 43.1 Å². The number of nitrogens with one attached hydrogen (secondary N) is 1. The molecular weight excluding hydrogens is 446 g/mol. The third-order valence-electron chi connectivity index (χ3n) is 6.63. The van der Waals surface area contributed by atoms with Crippen LogP contribution in [-0.2, 0) is 14.3 Å². The zero-order chi connectivity index (χ0) is 24.1. The molecule has 0 bridgehead atoms. The summed E-state index contributed by atoms with van der Waals surface area (Å²) < 4.78 is 33.2. The van der Waals surface area contributed by atoms with Gasteiger partial charge in [0.15, 0.2) is 23.0 Å². The van der Waals surface area contributed by atoms with Crippen molar-refractivity contribution in [2.75, 3.05) is 40.0 Å². The third-order valence-corrected chi connectivity index (χ3v) is 6.63. The van der Waals surface area contributed by atoms with Crippen molar-refractivity contribution in [2.24, 2.45) is 11.8 Å². The predicted molar refractivity (Wildman–Crippen MR) is 118 cm³/mol. The summed E-state index contributed by atoms with van der Waals surface area (Å²) >= 11 is 0. The Morgan fingerprint density at radius 3 is 2.38 bits per heavy atom. The first-order valence-electron chi connectivity index (χ1n) is 10.8. The molecule has 180 valence electrons. The highest BCUT2D eigenvalue weighted by Gasteiger charge is 2.53. The first kappa shape index (κ1) is 22.1. The number of rotatable bonds is 5. The van der Waals surface area contributed by atoms with Crippen LogP contribution in [0, 0.1) is 11.8 Å². The van der Waals surface area contributed by atoms with E-state index in [1.165, 1.54) is 28.3 Å². The Morgan fingerprint density at radius 1 is 1.06 bits per heavy atom. The maximum absolute atomic E-state index is 13.0. The van der Waals surface area contributed by atoms with Gasteiger partial charge in [-0.2, -0.15) is 0 Å². The van der Waals surface area contributed by atoms with Crippen LogP contribution in [0.25, 0.3) is 0 Å². The molecule has 1 saturated heterocycles. The molecule has 0 spiro atoms. The van der Waals surface area contributed by atoms with Gasteiger partial charge in [-0.1, -0.05) is 0 Å². The SMILES string of the molecule is COc1cc([C@@H]2c3c(cc4c(c3NC(C)=O)OCO4)[C@H](O)[C@H]3COC(=O)[C@H]23)cc(OC)c1OC. The lowest BCUT2D eigenvalue weighted by molar-refractivity contribution is -0.141. The standard InChI is InChI=1S/C24H25NO9/c1-10(26)25-20-18-12(7-16-23(20)34-9-33-16)21(27)13-8-32-24(28)19(13)17(18)11-5-14(29-2)22(31-4)15(6-11)30-3/h5-7,13,17,19,21,27H,8-9H2,1-4H3,(H,25,26)/t13-,17+,19-,21-/m0/s1. The molecule has 3 aliphatic rings. The van der Waals surface area contributed by atoms with Crippen LogP contribution in [0.2, 0.25) is 0 Å². The van der Waals surface area contributed by atoms with E-state index in [0.717, 1.165) is 0 Å². The molecule has 1 amide bonds. The van der Waals surface area contributed by atoms with Gasteiger partial charge in [-0.15, -0.1) is 0 Å². The number of carbonyl (C=O) groups excluding carboxylic acids is 2. The number of hydrogen-bond donors (Lipinski definition) is 2. The molecule has 2 aliphatic heterocycles. The average molecular weight is 471 g/mol. The molecule has 2 heterocycles. The second kappa shape index (κ2) is 8.28. The average Bonchev–Trinajstić information content (AvgIpc) is 3.45. The molecular formula is C24H25NO9. The van der Waals surface area contributed by atoms with E-state index in [2.05, 4.69) is 5.32 Å². The van der Waals surface area contributed by atoms with Gasteiger partial charge in [0.2, 0.25) is 18.4 Å². The number of benzene rings is 2.